The average Bonchev–Trinajstić information content (AvgIpc) is 2.61. The summed E-state index contributed by atoms with van der Waals surface area (Å²) in [5, 5.41) is 8.50. The molecule has 0 unspecified atom stereocenters. The molecule has 1 aromatic carbocycles. The fraction of sp³-hybridized carbons (Fsp3) is 0.619. The maximum absolute atomic E-state index is 12.2. The third-order valence-corrected chi connectivity index (χ3v) is 4.38. The first-order valence-corrected chi connectivity index (χ1v) is 9.92. The van der Waals surface area contributed by atoms with E-state index in [2.05, 4.69) is 16.0 Å². The second kappa shape index (κ2) is 10.3. The van der Waals surface area contributed by atoms with Crippen LogP contribution in [-0.2, 0) is 4.74 Å². The summed E-state index contributed by atoms with van der Waals surface area (Å²) in [7, 11) is 0. The van der Waals surface area contributed by atoms with Gasteiger partial charge in [0.15, 0.2) is 0 Å². The maximum Gasteiger partial charge on any atom is 0.319 e. The highest BCUT2D eigenvalue weighted by atomic mass is 16.5. The van der Waals surface area contributed by atoms with Gasteiger partial charge in [0.1, 0.15) is 0 Å². The summed E-state index contributed by atoms with van der Waals surface area (Å²) in [6.45, 7) is 7.02. The summed E-state index contributed by atoms with van der Waals surface area (Å²) in [5.41, 5.74) is 0.800. The highest BCUT2D eigenvalue weighted by Gasteiger charge is 2.16. The SMILES string of the molecule is CC(C)(C)NC(=O)c1cccc(NC(=O)NCCCOC2CCCCC2)c1. The fourth-order valence-electron chi connectivity index (χ4n) is 3.08. The summed E-state index contributed by atoms with van der Waals surface area (Å²) >= 11 is 0. The topological polar surface area (TPSA) is 79.5 Å². The first-order valence-electron chi connectivity index (χ1n) is 9.92. The minimum atomic E-state index is -0.308. The van der Waals surface area contributed by atoms with E-state index in [-0.39, 0.29) is 17.5 Å². The summed E-state index contributed by atoms with van der Waals surface area (Å²) in [4.78, 5) is 24.2. The highest BCUT2D eigenvalue weighted by molar-refractivity contribution is 5.97. The van der Waals surface area contributed by atoms with Crippen LogP contribution in [0.15, 0.2) is 24.3 Å². The van der Waals surface area contributed by atoms with Crippen LogP contribution in [0.3, 0.4) is 0 Å². The van der Waals surface area contributed by atoms with Crippen molar-refractivity contribution < 1.29 is 14.3 Å². The van der Waals surface area contributed by atoms with E-state index in [1.807, 2.05) is 20.8 Å². The minimum Gasteiger partial charge on any atom is -0.378 e. The molecule has 27 heavy (non-hydrogen) atoms. The number of rotatable bonds is 7. The number of hydrogen-bond donors (Lipinski definition) is 3. The zero-order valence-corrected chi connectivity index (χ0v) is 16.8. The Morgan fingerprint density at radius 1 is 1.15 bits per heavy atom. The van der Waals surface area contributed by atoms with Gasteiger partial charge in [-0.25, -0.2) is 4.79 Å². The largest absolute Gasteiger partial charge is 0.378 e. The predicted octanol–water partition coefficient (Wildman–Crippen LogP) is 4.08. The van der Waals surface area contributed by atoms with E-state index in [9.17, 15) is 9.59 Å². The Bertz CT molecular complexity index is 619. The van der Waals surface area contributed by atoms with E-state index in [1.165, 1.54) is 19.3 Å². The quantitative estimate of drug-likeness (QED) is 0.628. The van der Waals surface area contributed by atoms with Gasteiger partial charge in [-0.05, 0) is 58.2 Å². The van der Waals surface area contributed by atoms with E-state index in [1.54, 1.807) is 24.3 Å². The van der Waals surface area contributed by atoms with Gasteiger partial charge in [0.25, 0.3) is 5.91 Å². The van der Waals surface area contributed by atoms with E-state index in [0.717, 1.165) is 19.3 Å². The molecular weight excluding hydrogens is 342 g/mol. The molecule has 0 bridgehead atoms. The Morgan fingerprint density at radius 3 is 2.59 bits per heavy atom. The molecule has 1 fully saturated rings. The van der Waals surface area contributed by atoms with Gasteiger partial charge in [0.05, 0.1) is 6.10 Å². The average molecular weight is 376 g/mol. The van der Waals surface area contributed by atoms with Gasteiger partial charge >= 0.3 is 6.03 Å². The van der Waals surface area contributed by atoms with Crippen molar-refractivity contribution in [3.8, 4) is 0 Å². The smallest absolute Gasteiger partial charge is 0.319 e. The summed E-state index contributed by atoms with van der Waals surface area (Å²) in [6.07, 6.45) is 7.35. The zero-order valence-electron chi connectivity index (χ0n) is 16.8. The predicted molar refractivity (Wildman–Crippen MR) is 108 cm³/mol. The molecule has 3 N–H and O–H groups in total. The third-order valence-electron chi connectivity index (χ3n) is 4.38. The number of anilines is 1. The Balaban J connectivity index is 1.69. The Hall–Kier alpha value is -2.08. The molecule has 0 atom stereocenters. The molecule has 3 amide bonds. The summed E-state index contributed by atoms with van der Waals surface area (Å²) in [6, 6.07) is 6.64. The van der Waals surface area contributed by atoms with E-state index in [0.29, 0.717) is 30.5 Å². The molecule has 6 nitrogen and oxygen atoms in total. The first kappa shape index (κ1) is 21.2. The van der Waals surface area contributed by atoms with Crippen molar-refractivity contribution in [1.82, 2.24) is 10.6 Å². The second-order valence-corrected chi connectivity index (χ2v) is 8.15. The number of carbonyl (C=O) groups is 2. The van der Waals surface area contributed by atoms with Gasteiger partial charge in [-0.1, -0.05) is 25.3 Å². The van der Waals surface area contributed by atoms with Crippen molar-refractivity contribution in [2.24, 2.45) is 0 Å². The minimum absolute atomic E-state index is 0.161. The molecule has 1 aliphatic rings. The number of hydrogen-bond acceptors (Lipinski definition) is 3. The molecule has 0 spiro atoms. The number of nitrogens with one attached hydrogen (secondary N) is 3. The number of ether oxygens (including phenoxy) is 1. The van der Waals surface area contributed by atoms with Crippen LogP contribution in [0.2, 0.25) is 0 Å². The van der Waals surface area contributed by atoms with Gasteiger partial charge in [-0.2, -0.15) is 0 Å². The first-order chi connectivity index (χ1) is 12.8. The molecular formula is C21H33N3O3. The molecule has 1 aliphatic carbocycles. The van der Waals surface area contributed by atoms with Crippen LogP contribution in [0.4, 0.5) is 10.5 Å². The van der Waals surface area contributed by atoms with Gasteiger partial charge in [-0.15, -0.1) is 0 Å². The lowest BCUT2D eigenvalue weighted by atomic mass is 9.98. The molecule has 1 saturated carbocycles. The summed E-state index contributed by atoms with van der Waals surface area (Å²) in [5.74, 6) is -0.161. The lowest BCUT2D eigenvalue weighted by molar-refractivity contribution is 0.0276. The van der Waals surface area contributed by atoms with Crippen LogP contribution in [0.1, 0.15) is 69.7 Å². The second-order valence-electron chi connectivity index (χ2n) is 8.15. The molecule has 6 heteroatoms. The third kappa shape index (κ3) is 8.43. The lowest BCUT2D eigenvalue weighted by Gasteiger charge is -2.22. The lowest BCUT2D eigenvalue weighted by Crippen LogP contribution is -2.40. The molecule has 0 aliphatic heterocycles. The normalized spacial score (nSPS) is 15.2. The Morgan fingerprint density at radius 2 is 1.89 bits per heavy atom. The van der Waals surface area contributed by atoms with Gasteiger partial charge in [0.2, 0.25) is 0 Å². The van der Waals surface area contributed by atoms with Crippen LogP contribution in [0.5, 0.6) is 0 Å². The number of amides is 3. The Kier molecular flexibility index (Phi) is 8.10. The van der Waals surface area contributed by atoms with Crippen molar-refractivity contribution in [2.45, 2.75) is 70.9 Å². The van der Waals surface area contributed by atoms with E-state index < -0.39 is 0 Å². The zero-order chi connectivity index (χ0) is 19.7. The van der Waals surface area contributed by atoms with Crippen molar-refractivity contribution in [2.75, 3.05) is 18.5 Å². The number of carbonyl (C=O) groups excluding carboxylic acids is 2. The Labute approximate surface area is 162 Å². The van der Waals surface area contributed by atoms with Crippen LogP contribution in [-0.4, -0.2) is 36.7 Å². The van der Waals surface area contributed by atoms with Crippen molar-refractivity contribution in [1.29, 1.82) is 0 Å². The van der Waals surface area contributed by atoms with Crippen molar-refractivity contribution >= 4 is 17.6 Å². The van der Waals surface area contributed by atoms with Gasteiger partial charge in [0, 0.05) is 29.9 Å². The van der Waals surface area contributed by atoms with Crippen molar-refractivity contribution in [3.63, 3.8) is 0 Å². The van der Waals surface area contributed by atoms with Gasteiger partial charge < -0.3 is 20.7 Å². The number of urea groups is 1. The molecule has 0 radical (unpaired) electrons. The highest BCUT2D eigenvalue weighted by Crippen LogP contribution is 2.20. The molecule has 0 saturated heterocycles. The van der Waals surface area contributed by atoms with E-state index >= 15 is 0 Å². The monoisotopic (exact) mass is 375 g/mol. The molecule has 2 rings (SSSR count). The molecule has 0 heterocycles. The van der Waals surface area contributed by atoms with Crippen LogP contribution < -0.4 is 16.0 Å². The van der Waals surface area contributed by atoms with Gasteiger partial charge in [-0.3, -0.25) is 4.79 Å². The summed E-state index contributed by atoms with van der Waals surface area (Å²) < 4.78 is 5.85. The van der Waals surface area contributed by atoms with Crippen LogP contribution in [0.25, 0.3) is 0 Å². The van der Waals surface area contributed by atoms with E-state index in [4.69, 9.17) is 4.74 Å². The standard InChI is InChI=1S/C21H33N3O3/c1-21(2,3)24-19(25)16-9-7-10-17(15-16)23-20(26)22-13-8-14-27-18-11-5-4-6-12-18/h7,9-10,15,18H,4-6,8,11-14H2,1-3H3,(H,24,25)(H2,22,23,26). The van der Waals surface area contributed by atoms with Crippen LogP contribution >= 0.6 is 0 Å². The number of benzene rings is 1. The maximum atomic E-state index is 12.2. The fourth-order valence-corrected chi connectivity index (χ4v) is 3.08. The van der Waals surface area contributed by atoms with Crippen LogP contribution in [0, 0.1) is 0 Å². The molecule has 150 valence electrons. The molecule has 0 aromatic heterocycles. The molecule has 1 aromatic rings. The van der Waals surface area contributed by atoms with Crippen molar-refractivity contribution in [3.05, 3.63) is 29.8 Å².